The monoisotopic (exact) mass is 278 g/mol. The van der Waals surface area contributed by atoms with Crippen LogP contribution in [0.1, 0.15) is 22.7 Å². The molecule has 0 aliphatic carbocycles. The lowest BCUT2D eigenvalue weighted by Crippen LogP contribution is -2.09. The standard InChI is InChI=1S/C17H18N4/c1-21(2)15-5-3-13(4-6-15)17(16-11-19-12-20-16)14-7-9-18-10-8-14/h3-12,17H,1-2H3,(H,19,20). The third-order valence-corrected chi connectivity index (χ3v) is 3.60. The zero-order chi connectivity index (χ0) is 14.7. The van der Waals surface area contributed by atoms with Gasteiger partial charge in [-0.05, 0) is 35.4 Å². The second kappa shape index (κ2) is 5.79. The maximum atomic E-state index is 4.44. The minimum atomic E-state index is 0.121. The summed E-state index contributed by atoms with van der Waals surface area (Å²) in [5.41, 5.74) is 4.61. The van der Waals surface area contributed by atoms with E-state index in [1.54, 1.807) is 6.33 Å². The summed E-state index contributed by atoms with van der Waals surface area (Å²) < 4.78 is 0. The number of aromatic nitrogens is 3. The Balaban J connectivity index is 2.04. The molecule has 1 atom stereocenters. The maximum absolute atomic E-state index is 4.44. The first-order valence-corrected chi connectivity index (χ1v) is 6.91. The molecule has 0 saturated carbocycles. The first-order chi connectivity index (χ1) is 10.3. The average molecular weight is 278 g/mol. The Morgan fingerprint density at radius 2 is 1.62 bits per heavy atom. The zero-order valence-corrected chi connectivity index (χ0v) is 12.2. The first kappa shape index (κ1) is 13.4. The topological polar surface area (TPSA) is 44.8 Å². The van der Waals surface area contributed by atoms with Gasteiger partial charge in [0.15, 0.2) is 0 Å². The molecule has 0 radical (unpaired) electrons. The SMILES string of the molecule is CN(C)c1ccc(C(c2ccncc2)c2c[nH]cn2)cc1. The van der Waals surface area contributed by atoms with Gasteiger partial charge in [-0.15, -0.1) is 0 Å². The van der Waals surface area contributed by atoms with Gasteiger partial charge in [0.05, 0.1) is 17.9 Å². The molecule has 106 valence electrons. The highest BCUT2D eigenvalue weighted by Gasteiger charge is 2.18. The van der Waals surface area contributed by atoms with E-state index < -0.39 is 0 Å². The summed E-state index contributed by atoms with van der Waals surface area (Å²) in [6, 6.07) is 12.7. The smallest absolute Gasteiger partial charge is 0.0923 e. The number of anilines is 1. The van der Waals surface area contributed by atoms with Gasteiger partial charge in [0, 0.05) is 38.4 Å². The van der Waals surface area contributed by atoms with Gasteiger partial charge in [0.1, 0.15) is 0 Å². The third kappa shape index (κ3) is 2.79. The molecule has 3 rings (SSSR count). The number of rotatable bonds is 4. The van der Waals surface area contributed by atoms with Crippen LogP contribution in [-0.4, -0.2) is 29.0 Å². The van der Waals surface area contributed by atoms with Crippen LogP contribution in [0.25, 0.3) is 0 Å². The van der Waals surface area contributed by atoms with Crippen LogP contribution < -0.4 is 4.90 Å². The van der Waals surface area contributed by atoms with Crippen molar-refractivity contribution in [1.82, 2.24) is 15.0 Å². The van der Waals surface area contributed by atoms with Gasteiger partial charge in [0.2, 0.25) is 0 Å². The number of pyridine rings is 1. The number of aromatic amines is 1. The van der Waals surface area contributed by atoms with Crippen molar-refractivity contribution >= 4 is 5.69 Å². The molecule has 0 aliphatic rings. The van der Waals surface area contributed by atoms with E-state index in [4.69, 9.17) is 0 Å². The molecule has 0 fully saturated rings. The van der Waals surface area contributed by atoms with Crippen molar-refractivity contribution in [2.24, 2.45) is 0 Å². The third-order valence-electron chi connectivity index (χ3n) is 3.60. The van der Waals surface area contributed by atoms with E-state index in [9.17, 15) is 0 Å². The Labute approximate surface area is 124 Å². The van der Waals surface area contributed by atoms with Crippen LogP contribution in [0.15, 0.2) is 61.3 Å². The minimum absolute atomic E-state index is 0.121. The molecule has 4 nitrogen and oxygen atoms in total. The number of H-pyrrole nitrogens is 1. The average Bonchev–Trinajstić information content (AvgIpc) is 3.03. The van der Waals surface area contributed by atoms with E-state index in [0.29, 0.717) is 0 Å². The summed E-state index contributed by atoms with van der Waals surface area (Å²) in [6.45, 7) is 0. The van der Waals surface area contributed by atoms with Gasteiger partial charge in [-0.1, -0.05) is 12.1 Å². The Hall–Kier alpha value is -2.62. The molecule has 0 amide bonds. The van der Waals surface area contributed by atoms with E-state index in [1.165, 1.54) is 16.8 Å². The summed E-state index contributed by atoms with van der Waals surface area (Å²) in [7, 11) is 4.09. The molecule has 4 heteroatoms. The van der Waals surface area contributed by atoms with Crippen LogP contribution in [0.3, 0.4) is 0 Å². The molecule has 0 saturated heterocycles. The van der Waals surface area contributed by atoms with Crippen LogP contribution in [0.4, 0.5) is 5.69 Å². The maximum Gasteiger partial charge on any atom is 0.0923 e. The fourth-order valence-corrected chi connectivity index (χ4v) is 2.48. The van der Waals surface area contributed by atoms with E-state index in [1.807, 2.05) is 44.8 Å². The number of imidazole rings is 1. The van der Waals surface area contributed by atoms with Crippen LogP contribution >= 0.6 is 0 Å². The van der Waals surface area contributed by atoms with Gasteiger partial charge in [-0.2, -0.15) is 0 Å². The quantitative estimate of drug-likeness (QED) is 0.797. The molecule has 21 heavy (non-hydrogen) atoms. The molecule has 0 aliphatic heterocycles. The number of nitrogens with zero attached hydrogens (tertiary/aromatic N) is 3. The van der Waals surface area contributed by atoms with Gasteiger partial charge in [0.25, 0.3) is 0 Å². The Morgan fingerprint density at radius 3 is 2.19 bits per heavy atom. The van der Waals surface area contributed by atoms with E-state index >= 15 is 0 Å². The van der Waals surface area contributed by atoms with Gasteiger partial charge in [-0.3, -0.25) is 4.98 Å². The molecule has 0 spiro atoms. The highest BCUT2D eigenvalue weighted by atomic mass is 15.1. The second-order valence-electron chi connectivity index (χ2n) is 5.19. The fourth-order valence-electron chi connectivity index (χ4n) is 2.48. The van der Waals surface area contributed by atoms with Crippen LogP contribution in [0.5, 0.6) is 0 Å². The molecule has 1 aromatic carbocycles. The van der Waals surface area contributed by atoms with Crippen LogP contribution in [-0.2, 0) is 0 Å². The molecule has 1 unspecified atom stereocenters. The van der Waals surface area contributed by atoms with Crippen molar-refractivity contribution < 1.29 is 0 Å². The Morgan fingerprint density at radius 1 is 0.952 bits per heavy atom. The van der Waals surface area contributed by atoms with Crippen molar-refractivity contribution in [3.8, 4) is 0 Å². The number of nitrogens with one attached hydrogen (secondary N) is 1. The summed E-state index contributed by atoms with van der Waals surface area (Å²) in [6.07, 6.45) is 7.31. The lowest BCUT2D eigenvalue weighted by molar-refractivity contribution is 0.927. The van der Waals surface area contributed by atoms with Crippen molar-refractivity contribution in [3.63, 3.8) is 0 Å². The zero-order valence-electron chi connectivity index (χ0n) is 12.2. The highest BCUT2D eigenvalue weighted by molar-refractivity contribution is 5.49. The number of benzene rings is 1. The van der Waals surface area contributed by atoms with Gasteiger partial charge < -0.3 is 9.88 Å². The van der Waals surface area contributed by atoms with Crippen molar-refractivity contribution in [2.75, 3.05) is 19.0 Å². The predicted molar refractivity (Wildman–Crippen MR) is 84.5 cm³/mol. The summed E-state index contributed by atoms with van der Waals surface area (Å²) in [4.78, 5) is 13.7. The molecule has 2 aromatic heterocycles. The lowest BCUT2D eigenvalue weighted by atomic mass is 9.89. The fraction of sp³-hybridized carbons (Fsp3) is 0.176. The van der Waals surface area contributed by atoms with Crippen molar-refractivity contribution in [2.45, 2.75) is 5.92 Å². The molecule has 2 heterocycles. The normalized spacial score (nSPS) is 12.1. The minimum Gasteiger partial charge on any atom is -0.378 e. The van der Waals surface area contributed by atoms with Crippen molar-refractivity contribution in [3.05, 3.63) is 78.1 Å². The van der Waals surface area contributed by atoms with Gasteiger partial charge in [-0.25, -0.2) is 4.98 Å². The van der Waals surface area contributed by atoms with Crippen LogP contribution in [0, 0.1) is 0 Å². The van der Waals surface area contributed by atoms with Crippen molar-refractivity contribution in [1.29, 1.82) is 0 Å². The molecular formula is C17H18N4. The summed E-state index contributed by atoms with van der Waals surface area (Å²) in [5.74, 6) is 0.121. The molecule has 0 bridgehead atoms. The molecule has 1 N–H and O–H groups in total. The Kier molecular flexibility index (Phi) is 3.69. The van der Waals surface area contributed by atoms with E-state index in [0.717, 1.165) is 5.69 Å². The first-order valence-electron chi connectivity index (χ1n) is 6.91. The highest BCUT2D eigenvalue weighted by Crippen LogP contribution is 2.31. The summed E-state index contributed by atoms with van der Waals surface area (Å²) in [5, 5.41) is 0. The molecule has 3 aromatic rings. The molecular weight excluding hydrogens is 260 g/mol. The Bertz CT molecular complexity index is 673. The number of hydrogen-bond acceptors (Lipinski definition) is 3. The summed E-state index contributed by atoms with van der Waals surface area (Å²) >= 11 is 0. The van der Waals surface area contributed by atoms with E-state index in [2.05, 4.69) is 44.1 Å². The number of hydrogen-bond donors (Lipinski definition) is 1. The van der Waals surface area contributed by atoms with Gasteiger partial charge >= 0.3 is 0 Å². The largest absolute Gasteiger partial charge is 0.378 e. The predicted octanol–water partition coefficient (Wildman–Crippen LogP) is 3.05. The lowest BCUT2D eigenvalue weighted by Gasteiger charge is -2.18. The van der Waals surface area contributed by atoms with Crippen LogP contribution in [0.2, 0.25) is 0 Å². The van der Waals surface area contributed by atoms with E-state index in [-0.39, 0.29) is 5.92 Å². The second-order valence-corrected chi connectivity index (χ2v) is 5.19.